The molecule has 1 heterocycles. The van der Waals surface area contributed by atoms with Crippen molar-refractivity contribution in [2.75, 3.05) is 0 Å². The van der Waals surface area contributed by atoms with Crippen molar-refractivity contribution in [3.63, 3.8) is 0 Å². The molecule has 3 aromatic rings. The summed E-state index contributed by atoms with van der Waals surface area (Å²) in [6, 6.07) is 13.7. The molecule has 0 spiro atoms. The van der Waals surface area contributed by atoms with Gasteiger partial charge in [-0.05, 0) is 54.7 Å². The Morgan fingerprint density at radius 3 is 2.12 bits per heavy atom. The lowest BCUT2D eigenvalue weighted by Gasteiger charge is -2.19. The fourth-order valence-electron chi connectivity index (χ4n) is 3.19. The van der Waals surface area contributed by atoms with Crippen LogP contribution in [0.4, 0.5) is 0 Å². The van der Waals surface area contributed by atoms with E-state index in [1.807, 2.05) is 19.1 Å². The molecular formula is C24H29N3O4S. The van der Waals surface area contributed by atoms with Crippen LogP contribution in [0.25, 0.3) is 0 Å². The second-order valence-corrected chi connectivity index (χ2v) is 10.5. The fourth-order valence-corrected chi connectivity index (χ4v) is 4.21. The van der Waals surface area contributed by atoms with Gasteiger partial charge in [-0.1, -0.05) is 50.2 Å². The first-order valence-corrected chi connectivity index (χ1v) is 11.8. The maximum atomic E-state index is 12.6. The minimum Gasteiger partial charge on any atom is -0.361 e. The number of carbonyl (C=O) groups excluding carboxylic acids is 1. The van der Waals surface area contributed by atoms with E-state index in [2.05, 4.69) is 36.0 Å². The van der Waals surface area contributed by atoms with E-state index in [9.17, 15) is 13.2 Å². The third kappa shape index (κ3) is 5.63. The normalized spacial score (nSPS) is 12.0. The first-order valence-electron chi connectivity index (χ1n) is 10.4. The molecule has 1 aromatic heterocycles. The number of nitrogens with zero attached hydrogens (tertiary/aromatic N) is 1. The summed E-state index contributed by atoms with van der Waals surface area (Å²) in [4.78, 5) is 12.6. The van der Waals surface area contributed by atoms with E-state index in [-0.39, 0.29) is 22.8 Å². The van der Waals surface area contributed by atoms with Crippen molar-refractivity contribution < 1.29 is 17.7 Å². The van der Waals surface area contributed by atoms with Crippen LogP contribution in [0, 0.1) is 13.8 Å². The lowest BCUT2D eigenvalue weighted by Crippen LogP contribution is -2.24. The number of aryl methyl sites for hydroxylation is 2. The minimum absolute atomic E-state index is 0.0448. The first-order chi connectivity index (χ1) is 15.0. The average molecular weight is 456 g/mol. The molecule has 170 valence electrons. The number of hydrogen-bond donors (Lipinski definition) is 2. The van der Waals surface area contributed by atoms with Gasteiger partial charge in [-0.25, -0.2) is 13.1 Å². The Balaban J connectivity index is 1.58. The van der Waals surface area contributed by atoms with Crippen LogP contribution >= 0.6 is 0 Å². The molecular weight excluding hydrogens is 426 g/mol. The minimum atomic E-state index is -3.63. The van der Waals surface area contributed by atoms with Gasteiger partial charge in [-0.15, -0.1) is 0 Å². The predicted molar refractivity (Wildman–Crippen MR) is 123 cm³/mol. The maximum absolute atomic E-state index is 12.6. The highest BCUT2D eigenvalue weighted by Gasteiger charge is 2.17. The van der Waals surface area contributed by atoms with Crippen molar-refractivity contribution in [3.8, 4) is 0 Å². The Morgan fingerprint density at radius 1 is 0.969 bits per heavy atom. The van der Waals surface area contributed by atoms with E-state index >= 15 is 0 Å². The molecule has 1 amide bonds. The number of carbonyl (C=O) groups is 1. The number of rotatable bonds is 7. The van der Waals surface area contributed by atoms with E-state index in [0.717, 1.165) is 22.4 Å². The highest BCUT2D eigenvalue weighted by molar-refractivity contribution is 7.89. The van der Waals surface area contributed by atoms with Crippen LogP contribution in [0.5, 0.6) is 0 Å². The molecule has 0 saturated heterocycles. The number of aromatic nitrogens is 1. The molecule has 0 saturated carbocycles. The van der Waals surface area contributed by atoms with Gasteiger partial charge >= 0.3 is 0 Å². The number of nitrogens with one attached hydrogen (secondary N) is 2. The first kappa shape index (κ1) is 23.7. The summed E-state index contributed by atoms with van der Waals surface area (Å²) < 4.78 is 32.9. The van der Waals surface area contributed by atoms with Crippen molar-refractivity contribution in [3.05, 3.63) is 82.2 Å². The van der Waals surface area contributed by atoms with Crippen LogP contribution in [0.1, 0.15) is 59.3 Å². The van der Waals surface area contributed by atoms with Crippen LogP contribution in [-0.2, 0) is 28.5 Å². The van der Waals surface area contributed by atoms with Gasteiger partial charge in [0.1, 0.15) is 5.76 Å². The van der Waals surface area contributed by atoms with E-state index in [1.54, 1.807) is 43.3 Å². The van der Waals surface area contributed by atoms with Gasteiger partial charge in [0.2, 0.25) is 10.0 Å². The maximum Gasteiger partial charge on any atom is 0.251 e. The summed E-state index contributed by atoms with van der Waals surface area (Å²) in [5.74, 6) is 0.453. The average Bonchev–Trinajstić information content (AvgIpc) is 3.08. The topological polar surface area (TPSA) is 101 Å². The zero-order chi connectivity index (χ0) is 23.5. The lowest BCUT2D eigenvalue weighted by atomic mass is 9.87. The quantitative estimate of drug-likeness (QED) is 0.561. The van der Waals surface area contributed by atoms with E-state index in [4.69, 9.17) is 4.52 Å². The zero-order valence-corrected chi connectivity index (χ0v) is 19.8. The summed E-state index contributed by atoms with van der Waals surface area (Å²) in [6.45, 7) is 10.3. The molecule has 32 heavy (non-hydrogen) atoms. The molecule has 0 fully saturated rings. The molecule has 8 heteroatoms. The van der Waals surface area contributed by atoms with Crippen LogP contribution in [0.3, 0.4) is 0 Å². The van der Waals surface area contributed by atoms with Crippen molar-refractivity contribution in [1.29, 1.82) is 0 Å². The molecule has 2 aromatic carbocycles. The summed E-state index contributed by atoms with van der Waals surface area (Å²) in [7, 11) is -3.63. The van der Waals surface area contributed by atoms with Gasteiger partial charge in [0.05, 0.1) is 10.6 Å². The Labute approximate surface area is 189 Å². The molecule has 7 nitrogen and oxygen atoms in total. The Morgan fingerprint density at radius 2 is 1.59 bits per heavy atom. The lowest BCUT2D eigenvalue weighted by molar-refractivity contribution is 0.0950. The molecule has 3 rings (SSSR count). The van der Waals surface area contributed by atoms with Gasteiger partial charge in [0.25, 0.3) is 5.91 Å². The van der Waals surface area contributed by atoms with Crippen LogP contribution in [0.15, 0.2) is 57.9 Å². The van der Waals surface area contributed by atoms with Crippen molar-refractivity contribution in [1.82, 2.24) is 15.2 Å². The van der Waals surface area contributed by atoms with E-state index in [1.165, 1.54) is 0 Å². The highest BCUT2D eigenvalue weighted by atomic mass is 32.2. The molecule has 0 unspecified atom stereocenters. The van der Waals surface area contributed by atoms with Crippen LogP contribution in [0.2, 0.25) is 0 Å². The Bertz CT molecular complexity index is 1170. The monoisotopic (exact) mass is 455 g/mol. The largest absolute Gasteiger partial charge is 0.361 e. The van der Waals surface area contributed by atoms with Crippen LogP contribution in [-0.4, -0.2) is 19.5 Å². The van der Waals surface area contributed by atoms with Gasteiger partial charge in [0, 0.05) is 24.2 Å². The number of sulfonamides is 1. The smallest absolute Gasteiger partial charge is 0.251 e. The number of hydrogen-bond acceptors (Lipinski definition) is 5. The third-order valence-corrected chi connectivity index (χ3v) is 6.74. The SMILES string of the molecule is Cc1noc(C)c1CNC(=O)c1ccc(CNS(=O)(=O)c2ccc(C(C)(C)C)cc2)cc1. The molecule has 0 aliphatic carbocycles. The summed E-state index contributed by atoms with van der Waals surface area (Å²) in [5, 5.41) is 6.72. The zero-order valence-electron chi connectivity index (χ0n) is 19.0. The second-order valence-electron chi connectivity index (χ2n) is 8.78. The van der Waals surface area contributed by atoms with E-state index in [0.29, 0.717) is 17.9 Å². The molecule has 0 aliphatic heterocycles. The Kier molecular flexibility index (Phi) is 6.85. The summed E-state index contributed by atoms with van der Waals surface area (Å²) >= 11 is 0. The fraction of sp³-hybridized carbons (Fsp3) is 0.333. The van der Waals surface area contributed by atoms with Gasteiger partial charge < -0.3 is 9.84 Å². The van der Waals surface area contributed by atoms with E-state index < -0.39 is 10.0 Å². The van der Waals surface area contributed by atoms with Crippen molar-refractivity contribution in [2.45, 2.75) is 58.0 Å². The molecule has 0 atom stereocenters. The van der Waals surface area contributed by atoms with Gasteiger partial charge in [0.15, 0.2) is 0 Å². The highest BCUT2D eigenvalue weighted by Crippen LogP contribution is 2.23. The standard InChI is InChI=1S/C24H29N3O4S/c1-16-22(17(2)31-27-16)15-25-23(28)19-8-6-18(7-9-19)14-26-32(29,30)21-12-10-20(11-13-21)24(3,4)5/h6-13,26H,14-15H2,1-5H3,(H,25,28). The summed E-state index contributed by atoms with van der Waals surface area (Å²) in [6.07, 6.45) is 0. The number of benzene rings is 2. The molecule has 0 bridgehead atoms. The van der Waals surface area contributed by atoms with Crippen molar-refractivity contribution >= 4 is 15.9 Å². The van der Waals surface area contributed by atoms with Gasteiger partial charge in [-0.2, -0.15) is 0 Å². The van der Waals surface area contributed by atoms with Crippen molar-refractivity contribution in [2.24, 2.45) is 0 Å². The predicted octanol–water partition coefficient (Wildman–Crippen LogP) is 4.00. The second kappa shape index (κ2) is 9.26. The molecule has 0 radical (unpaired) electrons. The molecule has 2 N–H and O–H groups in total. The molecule has 0 aliphatic rings. The van der Waals surface area contributed by atoms with Gasteiger partial charge in [-0.3, -0.25) is 4.79 Å². The summed E-state index contributed by atoms with van der Waals surface area (Å²) in [5.41, 5.74) is 3.87. The third-order valence-electron chi connectivity index (χ3n) is 5.32. The number of amides is 1. The van der Waals surface area contributed by atoms with Crippen LogP contribution < -0.4 is 10.0 Å². The Hall–Kier alpha value is -2.97.